The van der Waals surface area contributed by atoms with E-state index in [0.29, 0.717) is 45.6 Å². The third kappa shape index (κ3) is 5.85. The van der Waals surface area contributed by atoms with E-state index in [4.69, 9.17) is 4.74 Å². The first kappa shape index (κ1) is 21.0. The SMILES string of the molecule is CCOCCCNC(=O)[C@@H]1CCCN1C(=O)Nc1ccccc1C(F)(F)F. The van der Waals surface area contributed by atoms with Crippen LogP contribution in [0.25, 0.3) is 0 Å². The second-order valence-electron chi connectivity index (χ2n) is 6.17. The summed E-state index contributed by atoms with van der Waals surface area (Å²) in [4.78, 5) is 26.1. The number of amides is 3. The number of rotatable bonds is 7. The van der Waals surface area contributed by atoms with Gasteiger partial charge in [-0.05, 0) is 38.3 Å². The topological polar surface area (TPSA) is 70.7 Å². The van der Waals surface area contributed by atoms with Crippen molar-refractivity contribution in [2.75, 3.05) is 31.6 Å². The van der Waals surface area contributed by atoms with Gasteiger partial charge in [0.05, 0.1) is 11.3 Å². The molecule has 0 saturated carbocycles. The molecule has 1 heterocycles. The lowest BCUT2D eigenvalue weighted by Crippen LogP contribution is -2.47. The molecule has 0 bridgehead atoms. The van der Waals surface area contributed by atoms with Gasteiger partial charge in [-0.15, -0.1) is 0 Å². The summed E-state index contributed by atoms with van der Waals surface area (Å²) in [6.45, 7) is 3.74. The number of likely N-dealkylation sites (tertiary alicyclic amines) is 1. The lowest BCUT2D eigenvalue weighted by atomic mass is 10.1. The second-order valence-corrected chi connectivity index (χ2v) is 6.17. The van der Waals surface area contributed by atoms with E-state index >= 15 is 0 Å². The van der Waals surface area contributed by atoms with Gasteiger partial charge < -0.3 is 20.3 Å². The van der Waals surface area contributed by atoms with Crippen LogP contribution in [0.4, 0.5) is 23.7 Å². The number of nitrogens with zero attached hydrogens (tertiary/aromatic N) is 1. The molecule has 0 spiro atoms. The normalized spacial score (nSPS) is 17.0. The van der Waals surface area contributed by atoms with Gasteiger partial charge in [0.2, 0.25) is 5.91 Å². The van der Waals surface area contributed by atoms with Crippen LogP contribution >= 0.6 is 0 Å². The number of anilines is 1. The largest absolute Gasteiger partial charge is 0.418 e. The quantitative estimate of drug-likeness (QED) is 0.706. The van der Waals surface area contributed by atoms with Gasteiger partial charge in [-0.25, -0.2) is 4.79 Å². The van der Waals surface area contributed by atoms with Crippen molar-refractivity contribution in [1.29, 1.82) is 0 Å². The minimum absolute atomic E-state index is 0.303. The van der Waals surface area contributed by atoms with Crippen LogP contribution < -0.4 is 10.6 Å². The van der Waals surface area contributed by atoms with E-state index in [-0.39, 0.29) is 11.6 Å². The first-order valence-corrected chi connectivity index (χ1v) is 8.94. The molecule has 1 aliphatic heterocycles. The molecular weight excluding hydrogens is 363 g/mol. The van der Waals surface area contributed by atoms with Crippen molar-refractivity contribution in [2.24, 2.45) is 0 Å². The molecular formula is C18H24F3N3O3. The predicted octanol–water partition coefficient (Wildman–Crippen LogP) is 3.24. The monoisotopic (exact) mass is 387 g/mol. The number of hydrogen-bond donors (Lipinski definition) is 2. The Kier molecular flexibility index (Phi) is 7.46. The summed E-state index contributed by atoms with van der Waals surface area (Å²) >= 11 is 0. The number of halogens is 3. The zero-order valence-corrected chi connectivity index (χ0v) is 15.1. The molecule has 27 heavy (non-hydrogen) atoms. The van der Waals surface area contributed by atoms with Crippen molar-refractivity contribution in [1.82, 2.24) is 10.2 Å². The Morgan fingerprint density at radius 1 is 1.30 bits per heavy atom. The summed E-state index contributed by atoms with van der Waals surface area (Å²) < 4.78 is 44.4. The highest BCUT2D eigenvalue weighted by molar-refractivity contribution is 5.94. The zero-order valence-electron chi connectivity index (χ0n) is 15.1. The fourth-order valence-electron chi connectivity index (χ4n) is 2.96. The summed E-state index contributed by atoms with van der Waals surface area (Å²) in [5.74, 6) is -0.303. The first-order valence-electron chi connectivity index (χ1n) is 8.94. The molecule has 1 aromatic carbocycles. The highest BCUT2D eigenvalue weighted by Crippen LogP contribution is 2.34. The van der Waals surface area contributed by atoms with Gasteiger partial charge in [0, 0.05) is 26.3 Å². The van der Waals surface area contributed by atoms with E-state index in [0.717, 1.165) is 6.07 Å². The number of para-hydroxylation sites is 1. The molecule has 0 aromatic heterocycles. The van der Waals surface area contributed by atoms with E-state index in [1.54, 1.807) is 0 Å². The van der Waals surface area contributed by atoms with Crippen molar-refractivity contribution in [3.05, 3.63) is 29.8 Å². The van der Waals surface area contributed by atoms with Crippen LogP contribution in [-0.2, 0) is 15.7 Å². The number of urea groups is 1. The second kappa shape index (κ2) is 9.59. The number of hydrogen-bond acceptors (Lipinski definition) is 3. The third-order valence-corrected chi connectivity index (χ3v) is 4.26. The van der Waals surface area contributed by atoms with Crippen LogP contribution in [0.5, 0.6) is 0 Å². The van der Waals surface area contributed by atoms with Gasteiger partial charge >= 0.3 is 12.2 Å². The zero-order chi connectivity index (χ0) is 19.9. The molecule has 0 radical (unpaired) electrons. The maximum Gasteiger partial charge on any atom is 0.418 e. The fourth-order valence-corrected chi connectivity index (χ4v) is 2.96. The molecule has 2 N–H and O–H groups in total. The van der Waals surface area contributed by atoms with Crippen LogP contribution in [-0.4, -0.2) is 49.2 Å². The molecule has 1 saturated heterocycles. The third-order valence-electron chi connectivity index (χ3n) is 4.26. The van der Waals surface area contributed by atoms with Gasteiger partial charge in [0.25, 0.3) is 0 Å². The van der Waals surface area contributed by atoms with Gasteiger partial charge in [0.1, 0.15) is 6.04 Å². The molecule has 2 rings (SSSR count). The van der Waals surface area contributed by atoms with Crippen molar-refractivity contribution in [3.63, 3.8) is 0 Å². The van der Waals surface area contributed by atoms with E-state index in [1.807, 2.05) is 6.92 Å². The lowest BCUT2D eigenvalue weighted by molar-refractivity contribution is -0.137. The molecule has 150 valence electrons. The maximum absolute atomic E-state index is 13.1. The Morgan fingerprint density at radius 2 is 2.04 bits per heavy atom. The number of ether oxygens (including phenoxy) is 1. The summed E-state index contributed by atoms with van der Waals surface area (Å²) in [6, 6.07) is 3.38. The molecule has 1 atom stereocenters. The minimum atomic E-state index is -4.58. The molecule has 6 nitrogen and oxygen atoms in total. The summed E-state index contributed by atoms with van der Waals surface area (Å²) in [7, 11) is 0. The molecule has 1 aliphatic rings. The van der Waals surface area contributed by atoms with Crippen LogP contribution in [0, 0.1) is 0 Å². The number of carbonyl (C=O) groups excluding carboxylic acids is 2. The average molecular weight is 387 g/mol. The Bertz CT molecular complexity index is 652. The standard InChI is InChI=1S/C18H24F3N3O3/c1-2-27-12-6-10-22-16(25)15-9-5-11-24(15)17(26)23-14-8-4-3-7-13(14)18(19,20)21/h3-4,7-8,15H,2,5-6,9-12H2,1H3,(H,22,25)(H,23,26)/t15-/m0/s1. The average Bonchev–Trinajstić information content (AvgIpc) is 3.11. The summed E-state index contributed by atoms with van der Waals surface area (Å²) in [6.07, 6.45) is -2.83. The van der Waals surface area contributed by atoms with Crippen LogP contribution in [0.3, 0.4) is 0 Å². The molecule has 1 aromatic rings. The van der Waals surface area contributed by atoms with Crippen molar-refractivity contribution >= 4 is 17.6 Å². The molecule has 1 fully saturated rings. The van der Waals surface area contributed by atoms with E-state index in [9.17, 15) is 22.8 Å². The number of benzene rings is 1. The lowest BCUT2D eigenvalue weighted by Gasteiger charge is -2.25. The molecule has 9 heteroatoms. The Hall–Kier alpha value is -2.29. The van der Waals surface area contributed by atoms with Gasteiger partial charge in [-0.3, -0.25) is 4.79 Å². The Balaban J connectivity index is 1.97. The van der Waals surface area contributed by atoms with Crippen LogP contribution in [0.2, 0.25) is 0 Å². The Morgan fingerprint density at radius 3 is 2.74 bits per heavy atom. The highest BCUT2D eigenvalue weighted by atomic mass is 19.4. The summed E-state index contributed by atoms with van der Waals surface area (Å²) in [5.41, 5.74) is -1.24. The van der Waals surface area contributed by atoms with E-state index in [1.165, 1.54) is 23.1 Å². The van der Waals surface area contributed by atoms with Crippen molar-refractivity contribution < 1.29 is 27.5 Å². The molecule has 0 aliphatic carbocycles. The van der Waals surface area contributed by atoms with Crippen LogP contribution in [0.1, 0.15) is 31.7 Å². The van der Waals surface area contributed by atoms with Gasteiger partial charge in [0.15, 0.2) is 0 Å². The number of alkyl halides is 3. The highest BCUT2D eigenvalue weighted by Gasteiger charge is 2.36. The number of nitrogens with one attached hydrogen (secondary N) is 2. The summed E-state index contributed by atoms with van der Waals surface area (Å²) in [5, 5.41) is 5.04. The smallest absolute Gasteiger partial charge is 0.382 e. The van der Waals surface area contributed by atoms with E-state index in [2.05, 4.69) is 10.6 Å². The van der Waals surface area contributed by atoms with E-state index < -0.39 is 23.8 Å². The van der Waals surface area contributed by atoms with Gasteiger partial charge in [-0.1, -0.05) is 12.1 Å². The van der Waals surface area contributed by atoms with Crippen molar-refractivity contribution in [3.8, 4) is 0 Å². The maximum atomic E-state index is 13.1. The number of carbonyl (C=O) groups is 2. The minimum Gasteiger partial charge on any atom is -0.382 e. The van der Waals surface area contributed by atoms with Crippen LogP contribution in [0.15, 0.2) is 24.3 Å². The molecule has 3 amide bonds. The van der Waals surface area contributed by atoms with Gasteiger partial charge in [-0.2, -0.15) is 13.2 Å². The first-order chi connectivity index (χ1) is 12.8. The molecule has 0 unspecified atom stereocenters. The van der Waals surface area contributed by atoms with Crippen molar-refractivity contribution in [2.45, 2.75) is 38.4 Å². The Labute approximate surface area is 156 Å². The fraction of sp³-hybridized carbons (Fsp3) is 0.556. The predicted molar refractivity (Wildman–Crippen MR) is 94.3 cm³/mol.